The van der Waals surface area contributed by atoms with Crippen LogP contribution >= 0.6 is 0 Å². The molecule has 5 nitrogen and oxygen atoms in total. The summed E-state index contributed by atoms with van der Waals surface area (Å²) in [6, 6.07) is 18.5. The molecular formula is C24H29N3O2. The largest absolute Gasteiger partial charge is 0.466 e. The molecule has 0 radical (unpaired) electrons. The van der Waals surface area contributed by atoms with Gasteiger partial charge >= 0.3 is 5.97 Å². The van der Waals surface area contributed by atoms with Crippen LogP contribution in [0.5, 0.6) is 0 Å². The van der Waals surface area contributed by atoms with Crippen molar-refractivity contribution in [1.29, 1.82) is 0 Å². The summed E-state index contributed by atoms with van der Waals surface area (Å²) in [4.78, 5) is 20.1. The number of imidazole rings is 1. The molecule has 1 saturated heterocycles. The molecule has 0 bridgehead atoms. The fraction of sp³-hybridized carbons (Fsp3) is 0.417. The lowest BCUT2D eigenvalue weighted by atomic mass is 9.73. The zero-order chi connectivity index (χ0) is 20.3. The number of likely N-dealkylation sites (tertiary alicyclic amines) is 1. The van der Waals surface area contributed by atoms with Crippen molar-refractivity contribution in [3.8, 4) is 0 Å². The fourth-order valence-electron chi connectivity index (χ4n) is 4.40. The van der Waals surface area contributed by atoms with E-state index in [1.807, 2.05) is 37.3 Å². The summed E-state index contributed by atoms with van der Waals surface area (Å²) in [5.41, 5.74) is 2.96. The molecule has 0 spiro atoms. The van der Waals surface area contributed by atoms with Gasteiger partial charge in [-0.05, 0) is 57.0 Å². The Kier molecular flexibility index (Phi) is 5.67. The normalized spacial score (nSPS) is 16.8. The number of carbonyl (C=O) groups excluding carboxylic acids is 1. The number of benzene rings is 2. The molecule has 0 aliphatic carbocycles. The zero-order valence-corrected chi connectivity index (χ0v) is 17.3. The molecule has 4 rings (SSSR count). The van der Waals surface area contributed by atoms with Gasteiger partial charge in [0.25, 0.3) is 0 Å². The molecule has 3 aromatic rings. The minimum Gasteiger partial charge on any atom is -0.466 e. The van der Waals surface area contributed by atoms with Crippen LogP contribution in [0, 0.1) is 5.41 Å². The Labute approximate surface area is 172 Å². The van der Waals surface area contributed by atoms with Crippen LogP contribution < -0.4 is 0 Å². The SMILES string of the molecule is CCOC(=O)C1(Cc2ccccc2)CCN(Cc2nc3ccccc3n2C)CC1. The Morgan fingerprint density at radius 3 is 2.45 bits per heavy atom. The molecule has 0 unspecified atom stereocenters. The Morgan fingerprint density at radius 2 is 1.76 bits per heavy atom. The summed E-state index contributed by atoms with van der Waals surface area (Å²) in [6.07, 6.45) is 2.36. The average molecular weight is 392 g/mol. The molecule has 1 aliphatic heterocycles. The number of nitrogens with zero attached hydrogens (tertiary/aromatic N) is 3. The fourth-order valence-corrected chi connectivity index (χ4v) is 4.40. The number of ether oxygens (including phenoxy) is 1. The third-order valence-electron chi connectivity index (χ3n) is 6.15. The maximum atomic E-state index is 12.9. The summed E-state index contributed by atoms with van der Waals surface area (Å²) in [7, 11) is 2.08. The molecule has 29 heavy (non-hydrogen) atoms. The topological polar surface area (TPSA) is 47.4 Å². The van der Waals surface area contributed by atoms with E-state index in [4.69, 9.17) is 9.72 Å². The Morgan fingerprint density at radius 1 is 1.07 bits per heavy atom. The first-order valence-electron chi connectivity index (χ1n) is 10.5. The number of aromatic nitrogens is 2. The summed E-state index contributed by atoms with van der Waals surface area (Å²) in [6.45, 7) is 4.85. The first kappa shape index (κ1) is 19.6. The van der Waals surface area contributed by atoms with Gasteiger partial charge in [0.1, 0.15) is 5.82 Å². The van der Waals surface area contributed by atoms with Gasteiger partial charge in [-0.2, -0.15) is 0 Å². The highest BCUT2D eigenvalue weighted by Crippen LogP contribution is 2.37. The van der Waals surface area contributed by atoms with Gasteiger partial charge < -0.3 is 9.30 Å². The Balaban J connectivity index is 1.48. The van der Waals surface area contributed by atoms with E-state index in [1.165, 1.54) is 5.56 Å². The maximum Gasteiger partial charge on any atom is 0.312 e. The number of hydrogen-bond acceptors (Lipinski definition) is 4. The van der Waals surface area contributed by atoms with Crippen molar-refractivity contribution in [1.82, 2.24) is 14.5 Å². The number of aryl methyl sites for hydroxylation is 1. The minimum absolute atomic E-state index is 0.0498. The summed E-state index contributed by atoms with van der Waals surface area (Å²) >= 11 is 0. The number of carbonyl (C=O) groups is 1. The van der Waals surface area contributed by atoms with Crippen molar-refractivity contribution >= 4 is 17.0 Å². The highest BCUT2D eigenvalue weighted by molar-refractivity contribution is 5.77. The lowest BCUT2D eigenvalue weighted by Gasteiger charge is -2.40. The molecule has 0 amide bonds. The van der Waals surface area contributed by atoms with Crippen molar-refractivity contribution in [2.45, 2.75) is 32.7 Å². The van der Waals surface area contributed by atoms with Gasteiger partial charge in [-0.15, -0.1) is 0 Å². The molecule has 1 fully saturated rings. The van der Waals surface area contributed by atoms with E-state index in [0.717, 1.165) is 55.8 Å². The molecule has 1 aliphatic rings. The molecule has 2 aromatic carbocycles. The summed E-state index contributed by atoms with van der Waals surface area (Å²) in [5, 5.41) is 0. The van der Waals surface area contributed by atoms with Crippen LogP contribution in [0.2, 0.25) is 0 Å². The second-order valence-electron chi connectivity index (χ2n) is 8.02. The van der Waals surface area contributed by atoms with Crippen molar-refractivity contribution < 1.29 is 9.53 Å². The van der Waals surface area contributed by atoms with E-state index in [1.54, 1.807) is 0 Å². The number of piperidine rings is 1. The third kappa shape index (κ3) is 4.06. The minimum atomic E-state index is -0.430. The molecule has 152 valence electrons. The molecular weight excluding hydrogens is 362 g/mol. The van der Waals surface area contributed by atoms with Gasteiger partial charge in [-0.25, -0.2) is 4.98 Å². The molecule has 1 aromatic heterocycles. The summed E-state index contributed by atoms with van der Waals surface area (Å²) < 4.78 is 7.67. The lowest BCUT2D eigenvalue weighted by Crippen LogP contribution is -2.46. The average Bonchev–Trinajstić information content (AvgIpc) is 3.06. The van der Waals surface area contributed by atoms with Crippen LogP contribution in [0.1, 0.15) is 31.2 Å². The molecule has 0 atom stereocenters. The predicted molar refractivity (Wildman–Crippen MR) is 114 cm³/mol. The van der Waals surface area contributed by atoms with E-state index in [9.17, 15) is 4.79 Å². The second-order valence-corrected chi connectivity index (χ2v) is 8.02. The van der Waals surface area contributed by atoms with Crippen molar-refractivity contribution in [3.63, 3.8) is 0 Å². The van der Waals surface area contributed by atoms with Crippen LogP contribution in [-0.4, -0.2) is 40.1 Å². The zero-order valence-electron chi connectivity index (χ0n) is 17.3. The predicted octanol–water partition coefficient (Wildman–Crippen LogP) is 3.96. The second kappa shape index (κ2) is 8.37. The number of hydrogen-bond donors (Lipinski definition) is 0. The van der Waals surface area contributed by atoms with Crippen LogP contribution in [0.3, 0.4) is 0 Å². The highest BCUT2D eigenvalue weighted by atomic mass is 16.5. The van der Waals surface area contributed by atoms with Crippen molar-refractivity contribution in [2.24, 2.45) is 12.5 Å². The first-order valence-corrected chi connectivity index (χ1v) is 10.5. The van der Waals surface area contributed by atoms with E-state index < -0.39 is 5.41 Å². The monoisotopic (exact) mass is 391 g/mol. The van der Waals surface area contributed by atoms with E-state index >= 15 is 0 Å². The molecule has 2 heterocycles. The number of esters is 1. The quantitative estimate of drug-likeness (QED) is 0.597. The number of rotatable bonds is 6. The third-order valence-corrected chi connectivity index (χ3v) is 6.15. The van der Waals surface area contributed by atoms with Gasteiger partial charge in [0.05, 0.1) is 29.6 Å². The van der Waals surface area contributed by atoms with Gasteiger partial charge in [-0.3, -0.25) is 9.69 Å². The number of fused-ring (bicyclic) bond motifs is 1. The number of para-hydroxylation sites is 2. The first-order chi connectivity index (χ1) is 14.1. The van der Waals surface area contributed by atoms with Gasteiger partial charge in [0.15, 0.2) is 0 Å². The summed E-state index contributed by atoms with van der Waals surface area (Å²) in [5.74, 6) is 1.02. The van der Waals surface area contributed by atoms with Crippen LogP contribution in [0.4, 0.5) is 0 Å². The van der Waals surface area contributed by atoms with Gasteiger partial charge in [-0.1, -0.05) is 42.5 Å². The van der Waals surface area contributed by atoms with E-state index in [0.29, 0.717) is 6.61 Å². The maximum absolute atomic E-state index is 12.9. The van der Waals surface area contributed by atoms with Crippen LogP contribution in [0.25, 0.3) is 11.0 Å². The standard InChI is InChI=1S/C24H29N3O2/c1-3-29-23(28)24(17-19-9-5-4-6-10-19)13-15-27(16-14-24)18-22-25-20-11-7-8-12-21(20)26(22)2/h4-12H,3,13-18H2,1-2H3. The lowest BCUT2D eigenvalue weighted by molar-refractivity contribution is -0.158. The van der Waals surface area contributed by atoms with Crippen LogP contribution in [-0.2, 0) is 29.5 Å². The molecule has 5 heteroatoms. The van der Waals surface area contributed by atoms with Crippen molar-refractivity contribution in [2.75, 3.05) is 19.7 Å². The smallest absolute Gasteiger partial charge is 0.312 e. The molecule has 0 saturated carbocycles. The van der Waals surface area contributed by atoms with E-state index in [-0.39, 0.29) is 5.97 Å². The highest BCUT2D eigenvalue weighted by Gasteiger charge is 2.42. The Hall–Kier alpha value is -2.66. The Bertz CT molecular complexity index is 972. The van der Waals surface area contributed by atoms with Gasteiger partial charge in [0.2, 0.25) is 0 Å². The van der Waals surface area contributed by atoms with Crippen LogP contribution in [0.15, 0.2) is 54.6 Å². The van der Waals surface area contributed by atoms with E-state index in [2.05, 4.69) is 40.8 Å². The van der Waals surface area contributed by atoms with Crippen molar-refractivity contribution in [3.05, 3.63) is 66.0 Å². The molecule has 0 N–H and O–H groups in total. The van der Waals surface area contributed by atoms with Gasteiger partial charge in [0, 0.05) is 7.05 Å².